The normalized spacial score (nSPS) is 40.5. The van der Waals surface area contributed by atoms with Crippen LogP contribution >= 0.6 is 15.9 Å². The van der Waals surface area contributed by atoms with Crippen molar-refractivity contribution in [3.8, 4) is 0 Å². The molecule has 4 atom stereocenters. The van der Waals surface area contributed by atoms with Gasteiger partial charge < -0.3 is 14.5 Å². The first-order valence-electron chi connectivity index (χ1n) is 10.5. The molecule has 0 spiro atoms. The van der Waals surface area contributed by atoms with Gasteiger partial charge in [0, 0.05) is 17.3 Å². The maximum atomic E-state index is 14.7. The number of alkyl halides is 3. The van der Waals surface area contributed by atoms with Gasteiger partial charge in [0.05, 0.1) is 19.3 Å². The van der Waals surface area contributed by atoms with Gasteiger partial charge in [-0.1, -0.05) is 15.9 Å². The number of piperazine rings is 1. The summed E-state index contributed by atoms with van der Waals surface area (Å²) in [6.45, 7) is 1.37. The predicted octanol–water partition coefficient (Wildman–Crippen LogP) is 2.85. The van der Waals surface area contributed by atoms with Gasteiger partial charge >= 0.3 is 0 Å². The van der Waals surface area contributed by atoms with Crippen LogP contribution in [0.25, 0.3) is 0 Å². The van der Waals surface area contributed by atoms with Crippen molar-refractivity contribution in [3.05, 3.63) is 0 Å². The maximum absolute atomic E-state index is 14.7. The zero-order chi connectivity index (χ0) is 19.8. The van der Waals surface area contributed by atoms with Gasteiger partial charge in [0.1, 0.15) is 24.9 Å². The van der Waals surface area contributed by atoms with Crippen molar-refractivity contribution >= 4 is 27.7 Å². The minimum atomic E-state index is -1.11. The van der Waals surface area contributed by atoms with E-state index in [0.717, 1.165) is 19.3 Å². The van der Waals surface area contributed by atoms with Gasteiger partial charge in [-0.3, -0.25) is 9.59 Å². The molecule has 0 aromatic rings. The summed E-state index contributed by atoms with van der Waals surface area (Å²) in [6.07, 6.45) is 2.45. The lowest BCUT2D eigenvalue weighted by Gasteiger charge is -2.50. The Morgan fingerprint density at radius 3 is 2.36 bits per heavy atom. The molecule has 0 bridgehead atoms. The quantitative estimate of drug-likeness (QED) is 0.603. The second-order valence-corrected chi connectivity index (χ2v) is 10.2. The lowest BCUT2D eigenvalue weighted by atomic mass is 9.85. The molecule has 0 aromatic heterocycles. The van der Waals surface area contributed by atoms with Gasteiger partial charge in [-0.2, -0.15) is 0 Å². The number of carbonyl (C=O) groups is 2. The summed E-state index contributed by atoms with van der Waals surface area (Å²) in [7, 11) is 0. The summed E-state index contributed by atoms with van der Waals surface area (Å²) in [6, 6.07) is -1.08. The fourth-order valence-electron chi connectivity index (χ4n) is 5.15. The molecule has 0 radical (unpaired) electrons. The number of ether oxygens (including phenoxy) is 1. The van der Waals surface area contributed by atoms with E-state index in [1.165, 1.54) is 4.90 Å². The highest BCUT2D eigenvalue weighted by molar-refractivity contribution is 9.09. The third kappa shape index (κ3) is 4.09. The Kier molecular flexibility index (Phi) is 6.26. The first-order chi connectivity index (χ1) is 13.4. The third-order valence-corrected chi connectivity index (χ3v) is 7.75. The molecule has 2 saturated heterocycles. The molecule has 2 saturated carbocycles. The molecule has 28 heavy (non-hydrogen) atoms. The number of amides is 2. The summed E-state index contributed by atoms with van der Waals surface area (Å²) >= 11 is 3.47. The van der Waals surface area contributed by atoms with E-state index in [4.69, 9.17) is 4.74 Å². The average molecular weight is 463 g/mol. The molecule has 4 unspecified atom stereocenters. The molecule has 4 rings (SSSR count). The molecule has 158 valence electrons. The fraction of sp³-hybridized carbons (Fsp3) is 0.900. The lowest BCUT2D eigenvalue weighted by molar-refractivity contribution is -0.172. The van der Waals surface area contributed by atoms with Gasteiger partial charge in [-0.15, -0.1) is 0 Å². The number of halogens is 3. The zero-order valence-corrected chi connectivity index (χ0v) is 17.7. The standard InChI is InChI=1S/C20H29BrF2N2O3/c21-14-3-6-17(16(23)7-14)24-9-18(26)25(8-12-1-4-15(22)5-2-12)19(20(24)27)13-10-28-11-13/h12-17,19H,1-11H2. The highest BCUT2D eigenvalue weighted by atomic mass is 79.9. The molecule has 4 aliphatic rings. The Labute approximate surface area is 173 Å². The van der Waals surface area contributed by atoms with Crippen molar-refractivity contribution in [1.29, 1.82) is 0 Å². The summed E-state index contributed by atoms with van der Waals surface area (Å²) in [5.74, 6) is -0.0290. The Morgan fingerprint density at radius 1 is 1.04 bits per heavy atom. The number of carbonyl (C=O) groups excluding carboxylic acids is 2. The summed E-state index contributed by atoms with van der Waals surface area (Å²) < 4.78 is 33.5. The minimum Gasteiger partial charge on any atom is -0.380 e. The van der Waals surface area contributed by atoms with Crippen molar-refractivity contribution in [2.24, 2.45) is 11.8 Å². The highest BCUT2D eigenvalue weighted by Crippen LogP contribution is 2.35. The molecule has 4 fully saturated rings. The van der Waals surface area contributed by atoms with Crippen LogP contribution < -0.4 is 0 Å². The highest BCUT2D eigenvalue weighted by Gasteiger charge is 2.50. The number of rotatable bonds is 4. The summed E-state index contributed by atoms with van der Waals surface area (Å²) in [5, 5.41) is 0. The van der Waals surface area contributed by atoms with Crippen LogP contribution in [0.3, 0.4) is 0 Å². The van der Waals surface area contributed by atoms with Crippen molar-refractivity contribution in [1.82, 2.24) is 9.80 Å². The van der Waals surface area contributed by atoms with Crippen LogP contribution in [0.2, 0.25) is 0 Å². The molecular weight excluding hydrogens is 434 g/mol. The smallest absolute Gasteiger partial charge is 0.246 e. The summed E-state index contributed by atoms with van der Waals surface area (Å²) in [5.41, 5.74) is 0. The SMILES string of the molecule is O=C1C(C2COC2)N(CC2CCC(F)CC2)C(=O)CN1C1CCC(Br)CC1F. The molecule has 5 nitrogen and oxygen atoms in total. The number of nitrogens with zero attached hydrogens (tertiary/aromatic N) is 2. The molecule has 2 amide bonds. The van der Waals surface area contributed by atoms with E-state index in [1.807, 2.05) is 0 Å². The Balaban J connectivity index is 1.49. The van der Waals surface area contributed by atoms with E-state index in [1.54, 1.807) is 4.90 Å². The Morgan fingerprint density at radius 2 is 1.75 bits per heavy atom. The molecule has 2 aliphatic carbocycles. The molecule has 8 heteroatoms. The zero-order valence-electron chi connectivity index (χ0n) is 16.1. The first kappa shape index (κ1) is 20.5. The Hall–Kier alpha value is -0.760. The van der Waals surface area contributed by atoms with Crippen LogP contribution in [0.15, 0.2) is 0 Å². The maximum Gasteiger partial charge on any atom is 0.246 e. The van der Waals surface area contributed by atoms with Gasteiger partial charge in [-0.25, -0.2) is 8.78 Å². The van der Waals surface area contributed by atoms with Crippen molar-refractivity contribution < 1.29 is 23.1 Å². The molecular formula is C20H29BrF2N2O3. The Bertz CT molecular complexity index is 598. The predicted molar refractivity (Wildman–Crippen MR) is 104 cm³/mol. The van der Waals surface area contributed by atoms with Crippen LogP contribution in [0, 0.1) is 11.8 Å². The largest absolute Gasteiger partial charge is 0.380 e. The van der Waals surface area contributed by atoms with E-state index in [-0.39, 0.29) is 35.0 Å². The van der Waals surface area contributed by atoms with E-state index < -0.39 is 24.4 Å². The monoisotopic (exact) mass is 462 g/mol. The van der Waals surface area contributed by atoms with Crippen LogP contribution in [-0.4, -0.2) is 77.2 Å². The molecule has 0 N–H and O–H groups in total. The lowest BCUT2D eigenvalue weighted by Crippen LogP contribution is -2.68. The second kappa shape index (κ2) is 8.54. The topological polar surface area (TPSA) is 49.9 Å². The first-order valence-corrected chi connectivity index (χ1v) is 11.5. The van der Waals surface area contributed by atoms with Crippen molar-refractivity contribution in [3.63, 3.8) is 0 Å². The number of hydrogen-bond acceptors (Lipinski definition) is 3. The average Bonchev–Trinajstić information content (AvgIpc) is 2.61. The second-order valence-electron chi connectivity index (χ2n) is 8.87. The fourth-order valence-corrected chi connectivity index (χ4v) is 5.77. The van der Waals surface area contributed by atoms with Crippen LogP contribution in [0.5, 0.6) is 0 Å². The van der Waals surface area contributed by atoms with Crippen LogP contribution in [-0.2, 0) is 14.3 Å². The van der Waals surface area contributed by atoms with Gasteiger partial charge in [0.2, 0.25) is 11.8 Å². The van der Waals surface area contributed by atoms with Crippen LogP contribution in [0.1, 0.15) is 44.9 Å². The van der Waals surface area contributed by atoms with Crippen molar-refractivity contribution in [2.75, 3.05) is 26.3 Å². The molecule has 2 heterocycles. The minimum absolute atomic E-state index is 0.0256. The van der Waals surface area contributed by atoms with E-state index >= 15 is 0 Å². The van der Waals surface area contributed by atoms with Crippen molar-refractivity contribution in [2.45, 2.75) is 74.2 Å². The van der Waals surface area contributed by atoms with Gasteiger partial charge in [0.15, 0.2) is 0 Å². The van der Waals surface area contributed by atoms with E-state index in [9.17, 15) is 18.4 Å². The van der Waals surface area contributed by atoms with Gasteiger partial charge in [0.25, 0.3) is 0 Å². The van der Waals surface area contributed by atoms with E-state index in [0.29, 0.717) is 45.4 Å². The number of hydrogen-bond donors (Lipinski definition) is 0. The summed E-state index contributed by atoms with van der Waals surface area (Å²) in [4.78, 5) is 29.8. The van der Waals surface area contributed by atoms with Gasteiger partial charge in [-0.05, 0) is 50.9 Å². The van der Waals surface area contributed by atoms with Crippen LogP contribution in [0.4, 0.5) is 8.78 Å². The molecule has 0 aromatic carbocycles. The third-order valence-electron chi connectivity index (χ3n) is 6.91. The molecule has 2 aliphatic heterocycles. The van der Waals surface area contributed by atoms with E-state index in [2.05, 4.69) is 15.9 Å².